The second-order valence-corrected chi connectivity index (χ2v) is 5.82. The molecule has 2 fully saturated rings. The minimum Gasteiger partial charge on any atom is -0.374 e. The summed E-state index contributed by atoms with van der Waals surface area (Å²) in [6.07, 6.45) is 2.75. The molecule has 2 heterocycles. The Hall–Kier alpha value is -0.120. The predicted octanol–water partition coefficient (Wildman–Crippen LogP) is 1.24. The van der Waals surface area contributed by atoms with Gasteiger partial charge >= 0.3 is 0 Å². The van der Waals surface area contributed by atoms with Gasteiger partial charge in [0.2, 0.25) is 0 Å². The molecule has 0 aromatic carbocycles. The Bertz CT molecular complexity index is 212. The van der Waals surface area contributed by atoms with Gasteiger partial charge in [-0.3, -0.25) is 4.90 Å². The maximum Gasteiger partial charge on any atom is 0.0639 e. The van der Waals surface area contributed by atoms with Crippen LogP contribution in [-0.2, 0) is 4.74 Å². The van der Waals surface area contributed by atoms with Crippen LogP contribution in [0.3, 0.4) is 0 Å². The van der Waals surface area contributed by atoms with Crippen molar-refractivity contribution in [2.75, 3.05) is 26.2 Å². The lowest BCUT2D eigenvalue weighted by atomic mass is 10.1. The van der Waals surface area contributed by atoms with E-state index in [1.807, 2.05) is 0 Å². The highest BCUT2D eigenvalue weighted by Gasteiger charge is 2.31. The van der Waals surface area contributed by atoms with Crippen LogP contribution >= 0.6 is 0 Å². The number of piperazine rings is 1. The van der Waals surface area contributed by atoms with Crippen molar-refractivity contribution in [1.82, 2.24) is 10.2 Å². The summed E-state index contributed by atoms with van der Waals surface area (Å²) in [4.78, 5) is 2.62. The van der Waals surface area contributed by atoms with E-state index in [0.717, 1.165) is 19.2 Å². The van der Waals surface area contributed by atoms with E-state index < -0.39 is 0 Å². The van der Waals surface area contributed by atoms with Crippen molar-refractivity contribution in [1.29, 1.82) is 0 Å². The van der Waals surface area contributed by atoms with Gasteiger partial charge in [0.25, 0.3) is 0 Å². The van der Waals surface area contributed by atoms with E-state index in [-0.39, 0.29) is 5.60 Å². The van der Waals surface area contributed by atoms with Crippen LogP contribution in [-0.4, -0.2) is 48.8 Å². The Balaban J connectivity index is 1.75. The first kappa shape index (κ1) is 11.4. The van der Waals surface area contributed by atoms with Crippen LogP contribution in [0.15, 0.2) is 0 Å². The molecule has 15 heavy (non-hydrogen) atoms. The van der Waals surface area contributed by atoms with E-state index in [1.165, 1.54) is 25.9 Å². The molecular weight excluding hydrogens is 188 g/mol. The van der Waals surface area contributed by atoms with Crippen molar-refractivity contribution in [3.8, 4) is 0 Å². The summed E-state index contributed by atoms with van der Waals surface area (Å²) in [5, 5.41) is 3.60. The first-order chi connectivity index (χ1) is 7.04. The van der Waals surface area contributed by atoms with Gasteiger partial charge in [-0.05, 0) is 40.2 Å². The second-order valence-electron chi connectivity index (χ2n) is 5.82. The standard InChI is InChI=1S/C12H24N2O/c1-12(2,3)15-9-10-8-14-6-4-5-11(14)7-13-10/h10-11,13H,4-9H2,1-3H3/t10-,11+/m1/s1. The highest BCUT2D eigenvalue weighted by molar-refractivity contribution is 4.90. The molecule has 0 bridgehead atoms. The number of ether oxygens (including phenoxy) is 1. The molecule has 3 heteroatoms. The van der Waals surface area contributed by atoms with E-state index in [1.54, 1.807) is 0 Å². The SMILES string of the molecule is CC(C)(C)OC[C@H]1CN2CCC[C@H]2CN1. The third kappa shape index (κ3) is 3.16. The minimum atomic E-state index is -0.0104. The lowest BCUT2D eigenvalue weighted by Gasteiger charge is -2.37. The third-order valence-corrected chi connectivity index (χ3v) is 3.31. The molecule has 88 valence electrons. The van der Waals surface area contributed by atoms with Crippen LogP contribution in [0, 0.1) is 0 Å². The van der Waals surface area contributed by atoms with E-state index in [9.17, 15) is 0 Å². The van der Waals surface area contributed by atoms with Crippen molar-refractivity contribution in [3.63, 3.8) is 0 Å². The van der Waals surface area contributed by atoms with Gasteiger partial charge in [-0.15, -0.1) is 0 Å². The van der Waals surface area contributed by atoms with Crippen LogP contribution < -0.4 is 5.32 Å². The summed E-state index contributed by atoms with van der Waals surface area (Å²) in [6, 6.07) is 1.33. The molecule has 0 radical (unpaired) electrons. The molecule has 1 N–H and O–H groups in total. The molecule has 2 saturated heterocycles. The van der Waals surface area contributed by atoms with Crippen molar-refractivity contribution >= 4 is 0 Å². The summed E-state index contributed by atoms with van der Waals surface area (Å²) in [6.45, 7) is 10.8. The Morgan fingerprint density at radius 2 is 2.20 bits per heavy atom. The molecule has 0 unspecified atom stereocenters. The Kier molecular flexibility index (Phi) is 3.33. The molecule has 0 saturated carbocycles. The molecule has 0 aromatic rings. The van der Waals surface area contributed by atoms with Crippen LogP contribution in [0.2, 0.25) is 0 Å². The number of nitrogens with zero attached hydrogens (tertiary/aromatic N) is 1. The van der Waals surface area contributed by atoms with Crippen molar-refractivity contribution in [2.24, 2.45) is 0 Å². The molecule has 0 amide bonds. The van der Waals surface area contributed by atoms with Gasteiger partial charge in [0.1, 0.15) is 0 Å². The average Bonchev–Trinajstić information content (AvgIpc) is 2.60. The fraction of sp³-hybridized carbons (Fsp3) is 1.00. The molecule has 3 nitrogen and oxygen atoms in total. The smallest absolute Gasteiger partial charge is 0.0639 e. The van der Waals surface area contributed by atoms with Gasteiger partial charge in [0.15, 0.2) is 0 Å². The number of nitrogens with one attached hydrogen (secondary N) is 1. The van der Waals surface area contributed by atoms with Crippen LogP contribution in [0.1, 0.15) is 33.6 Å². The van der Waals surface area contributed by atoms with Gasteiger partial charge in [-0.1, -0.05) is 0 Å². The number of hydrogen-bond donors (Lipinski definition) is 1. The van der Waals surface area contributed by atoms with Crippen molar-refractivity contribution in [2.45, 2.75) is 51.3 Å². The van der Waals surface area contributed by atoms with Gasteiger partial charge in [0, 0.05) is 25.2 Å². The highest BCUT2D eigenvalue weighted by atomic mass is 16.5. The van der Waals surface area contributed by atoms with E-state index in [4.69, 9.17) is 4.74 Å². The average molecular weight is 212 g/mol. The molecule has 0 aromatic heterocycles. The van der Waals surface area contributed by atoms with Gasteiger partial charge in [0.05, 0.1) is 12.2 Å². The quantitative estimate of drug-likeness (QED) is 0.745. The van der Waals surface area contributed by atoms with Gasteiger partial charge in [-0.25, -0.2) is 0 Å². The van der Waals surface area contributed by atoms with Crippen molar-refractivity contribution in [3.05, 3.63) is 0 Å². The highest BCUT2D eigenvalue weighted by Crippen LogP contribution is 2.20. The number of fused-ring (bicyclic) bond motifs is 1. The molecule has 2 rings (SSSR count). The molecule has 0 spiro atoms. The van der Waals surface area contributed by atoms with Gasteiger partial charge in [-0.2, -0.15) is 0 Å². The number of hydrogen-bond acceptors (Lipinski definition) is 3. The van der Waals surface area contributed by atoms with E-state index >= 15 is 0 Å². The first-order valence-electron chi connectivity index (χ1n) is 6.16. The third-order valence-electron chi connectivity index (χ3n) is 3.31. The summed E-state index contributed by atoms with van der Waals surface area (Å²) in [5.74, 6) is 0. The normalized spacial score (nSPS) is 33.0. The Morgan fingerprint density at radius 3 is 2.93 bits per heavy atom. The molecule has 0 aliphatic carbocycles. The summed E-state index contributed by atoms with van der Waals surface area (Å²) >= 11 is 0. The predicted molar refractivity (Wildman–Crippen MR) is 62.1 cm³/mol. The number of rotatable bonds is 2. The van der Waals surface area contributed by atoms with Gasteiger partial charge < -0.3 is 10.1 Å². The van der Waals surface area contributed by atoms with E-state index in [0.29, 0.717) is 6.04 Å². The zero-order valence-corrected chi connectivity index (χ0v) is 10.3. The molecule has 2 atom stereocenters. The zero-order chi connectivity index (χ0) is 10.9. The second kappa shape index (κ2) is 4.40. The van der Waals surface area contributed by atoms with E-state index in [2.05, 4.69) is 31.0 Å². The fourth-order valence-corrected chi connectivity index (χ4v) is 2.48. The summed E-state index contributed by atoms with van der Waals surface area (Å²) in [5.41, 5.74) is -0.0104. The lowest BCUT2D eigenvalue weighted by Crippen LogP contribution is -2.55. The Morgan fingerprint density at radius 1 is 1.40 bits per heavy atom. The topological polar surface area (TPSA) is 24.5 Å². The maximum atomic E-state index is 5.83. The summed E-state index contributed by atoms with van der Waals surface area (Å²) < 4.78 is 5.83. The van der Waals surface area contributed by atoms with Crippen LogP contribution in [0.4, 0.5) is 0 Å². The largest absolute Gasteiger partial charge is 0.374 e. The zero-order valence-electron chi connectivity index (χ0n) is 10.3. The fourth-order valence-electron chi connectivity index (χ4n) is 2.48. The maximum absolute atomic E-state index is 5.83. The Labute approximate surface area is 93.2 Å². The molecule has 2 aliphatic rings. The monoisotopic (exact) mass is 212 g/mol. The first-order valence-corrected chi connectivity index (χ1v) is 6.16. The van der Waals surface area contributed by atoms with Crippen LogP contribution in [0.25, 0.3) is 0 Å². The molecule has 2 aliphatic heterocycles. The van der Waals surface area contributed by atoms with Crippen LogP contribution in [0.5, 0.6) is 0 Å². The minimum absolute atomic E-state index is 0.0104. The molecular formula is C12H24N2O. The lowest BCUT2D eigenvalue weighted by molar-refractivity contribution is -0.0248. The summed E-state index contributed by atoms with van der Waals surface area (Å²) in [7, 11) is 0. The van der Waals surface area contributed by atoms with Crippen molar-refractivity contribution < 1.29 is 4.74 Å².